The van der Waals surface area contributed by atoms with E-state index in [0.29, 0.717) is 0 Å². The van der Waals surface area contributed by atoms with E-state index in [0.717, 1.165) is 0 Å². The first-order valence-electron chi connectivity index (χ1n) is 13.6. The predicted molar refractivity (Wildman–Crippen MR) is 193 cm³/mol. The molecule has 7 heteroatoms. The maximum atomic E-state index is 7.50. The average molecular weight is 755 g/mol. The van der Waals surface area contributed by atoms with E-state index in [1.54, 1.807) is 0 Å². The summed E-state index contributed by atoms with van der Waals surface area (Å²) in [6.07, 6.45) is 0. The van der Waals surface area contributed by atoms with Crippen molar-refractivity contribution < 1.29 is 24.4 Å². The number of hydrogen-bond acceptors (Lipinski definition) is 0. The molecule has 0 amide bonds. The van der Waals surface area contributed by atoms with Gasteiger partial charge in [0, 0.05) is 0 Å². The van der Waals surface area contributed by atoms with Crippen LogP contribution < -0.4 is 31.8 Å². The molecule has 0 atom stereocenters. The second-order valence-corrected chi connectivity index (χ2v) is 16.6. The number of hydrogen-bond donors (Lipinski definition) is 0. The van der Waals surface area contributed by atoms with Crippen molar-refractivity contribution in [2.45, 2.75) is 0 Å². The normalized spacial score (nSPS) is 9.51. The zero-order valence-electron chi connectivity index (χ0n) is 24.2. The molecule has 2 nitrogen and oxygen atoms in total. The standard InChI is InChI=1S/2C18H15P.2CO.2ClH.Ru/c2*1-4-10-16(11-5-1)19(17-12-6-2-7-13-17)18-14-8-3-9-15-18;2*1-2;;;/h2*1-15H;;;2*1H;/q;;;;;;+2. The van der Waals surface area contributed by atoms with Gasteiger partial charge in [-0.3, -0.25) is 0 Å². The Kier molecular flexibility index (Phi) is 20.4. The van der Waals surface area contributed by atoms with E-state index in [1.807, 2.05) is 0 Å². The Labute approximate surface area is 285 Å². The molecule has 0 fully saturated rings. The molecule has 0 N–H and O–H groups in total. The van der Waals surface area contributed by atoms with Gasteiger partial charge in [0.05, 0.1) is 15.8 Å². The van der Waals surface area contributed by atoms with Crippen molar-refractivity contribution in [2.75, 3.05) is 0 Å². The third-order valence-electron chi connectivity index (χ3n) is 6.37. The van der Waals surface area contributed by atoms with Gasteiger partial charge in [0.25, 0.3) is 0 Å². The van der Waals surface area contributed by atoms with Crippen LogP contribution in [0.1, 0.15) is 0 Å². The maximum Gasteiger partial charge on any atom is 0.102 e. The van der Waals surface area contributed by atoms with E-state index in [2.05, 4.69) is 195 Å². The van der Waals surface area contributed by atoms with Gasteiger partial charge in [0.15, 0.2) is 0 Å². The van der Waals surface area contributed by atoms with E-state index < -0.39 is 15.8 Å². The molecule has 0 spiro atoms. The van der Waals surface area contributed by atoms with Gasteiger partial charge in [0.1, 0.15) is 31.8 Å². The Hall–Kier alpha value is -3.14. The van der Waals surface area contributed by atoms with Crippen molar-refractivity contribution in [1.29, 1.82) is 0 Å². The van der Waals surface area contributed by atoms with Gasteiger partial charge in [-0.25, -0.2) is 0 Å². The summed E-state index contributed by atoms with van der Waals surface area (Å²) in [7, 11) is 7.95. The summed E-state index contributed by atoms with van der Waals surface area (Å²) in [6.45, 7) is 9.00. The summed E-state index contributed by atoms with van der Waals surface area (Å²) in [5.41, 5.74) is 0. The zero-order valence-corrected chi connectivity index (χ0v) is 29.5. The van der Waals surface area contributed by atoms with Crippen LogP contribution in [0.25, 0.3) is 0 Å². The quantitative estimate of drug-likeness (QED) is 0.0726. The van der Waals surface area contributed by atoms with Gasteiger partial charge in [-0.15, -0.1) is 0 Å². The van der Waals surface area contributed by atoms with Crippen molar-refractivity contribution in [3.63, 3.8) is 0 Å². The number of benzene rings is 6. The summed E-state index contributed by atoms with van der Waals surface area (Å²) in [5, 5.41) is 8.61. The summed E-state index contributed by atoms with van der Waals surface area (Å²) < 4.78 is 15.0. The van der Waals surface area contributed by atoms with Crippen LogP contribution in [0.3, 0.4) is 0 Å². The second-order valence-electron chi connectivity index (χ2n) is 9.00. The van der Waals surface area contributed by atoms with E-state index in [9.17, 15) is 0 Å². The molecule has 0 aliphatic rings. The van der Waals surface area contributed by atoms with E-state index >= 15 is 0 Å². The van der Waals surface area contributed by atoms with Crippen LogP contribution >= 0.6 is 35.2 Å². The molecule has 6 aromatic carbocycles. The van der Waals surface area contributed by atoms with Crippen LogP contribution in [0.4, 0.5) is 0 Å². The Balaban J connectivity index is 0.000000262. The van der Waals surface area contributed by atoms with E-state index in [4.69, 9.17) is 28.7 Å². The van der Waals surface area contributed by atoms with Crippen LogP contribution in [-0.2, 0) is 24.4 Å². The van der Waals surface area contributed by atoms with Crippen LogP contribution in [0.5, 0.6) is 0 Å². The van der Waals surface area contributed by atoms with Gasteiger partial charge in [-0.2, -0.15) is 0 Å². The fourth-order valence-corrected chi connectivity index (χ4v) is 9.78. The van der Waals surface area contributed by atoms with Crippen molar-refractivity contribution in [3.8, 4) is 0 Å². The number of rotatable bonds is 6. The van der Waals surface area contributed by atoms with Gasteiger partial charge in [0.2, 0.25) is 0 Å². The fraction of sp³-hybridized carbons (Fsp3) is 0. The molecule has 45 heavy (non-hydrogen) atoms. The van der Waals surface area contributed by atoms with Gasteiger partial charge in [-0.1, -0.05) is 109 Å². The topological polar surface area (TPSA) is 39.8 Å². The van der Waals surface area contributed by atoms with Crippen LogP contribution in [0, 0.1) is 13.3 Å². The first-order valence-corrected chi connectivity index (χ1v) is 21.1. The Morgan fingerprint density at radius 2 is 0.422 bits per heavy atom. The first kappa shape index (κ1) is 38.0. The van der Waals surface area contributed by atoms with Crippen LogP contribution in [0.2, 0.25) is 0 Å². The average Bonchev–Trinajstić information content (AvgIpc) is 3.14. The first-order chi connectivity index (χ1) is 22.3. The second kappa shape index (κ2) is 24.1. The molecule has 0 aliphatic carbocycles. The minimum atomic E-state index is -0.877. The summed E-state index contributed by atoms with van der Waals surface area (Å²) >= 11 is -0.346. The third kappa shape index (κ3) is 13.0. The zero-order chi connectivity index (χ0) is 32.5. The number of halogens is 2. The molecule has 0 saturated heterocycles. The minimum absolute atomic E-state index is 0.346. The monoisotopic (exact) mass is 754 g/mol. The SMILES string of the molecule is [C-]#[O+].[C-]#[O+].[Cl][Ru][Cl].c1ccc([PH+](c2ccccc2)c2ccccc2)cc1.c1ccc([PH+](c2ccccc2)c2ccccc2)cc1. The predicted octanol–water partition coefficient (Wildman–Crippen LogP) is 7.66. The largest absolute Gasteiger partial charge is 0.102 e. The summed E-state index contributed by atoms with van der Waals surface area (Å²) in [6, 6.07) is 65.0. The maximum absolute atomic E-state index is 7.50. The smallest absolute Gasteiger partial charge is 0.0620 e. The Bertz CT molecular complexity index is 1300. The van der Waals surface area contributed by atoms with Crippen molar-refractivity contribution in [1.82, 2.24) is 0 Å². The third-order valence-corrected chi connectivity index (χ3v) is 11.8. The minimum Gasteiger partial charge on any atom is -0.0620 e. The van der Waals surface area contributed by atoms with Crippen LogP contribution in [-0.4, -0.2) is 0 Å². The molecule has 6 rings (SSSR count). The van der Waals surface area contributed by atoms with Gasteiger partial charge < -0.3 is 0 Å². The summed E-state index contributed by atoms with van der Waals surface area (Å²) in [5.74, 6) is 0. The fourth-order valence-electron chi connectivity index (χ4n) is 4.63. The van der Waals surface area contributed by atoms with Gasteiger partial charge >= 0.3 is 57.1 Å². The van der Waals surface area contributed by atoms with E-state index in [-0.39, 0.29) is 15.1 Å². The molecular weight excluding hydrogens is 722 g/mol. The molecule has 0 aromatic heterocycles. The molecule has 0 aliphatic heterocycles. The molecule has 0 heterocycles. The van der Waals surface area contributed by atoms with Gasteiger partial charge in [-0.05, 0) is 72.8 Å². The Morgan fingerprint density at radius 1 is 0.311 bits per heavy atom. The molecule has 0 saturated carbocycles. The summed E-state index contributed by atoms with van der Waals surface area (Å²) in [4.78, 5) is 0. The van der Waals surface area contributed by atoms with Crippen molar-refractivity contribution >= 4 is 67.1 Å². The molecule has 0 unspecified atom stereocenters. The van der Waals surface area contributed by atoms with Crippen molar-refractivity contribution in [2.24, 2.45) is 0 Å². The molecular formula is C38H32Cl2O2P2Ru+2. The Morgan fingerprint density at radius 3 is 0.533 bits per heavy atom. The van der Waals surface area contributed by atoms with E-state index in [1.165, 1.54) is 31.8 Å². The van der Waals surface area contributed by atoms with Crippen LogP contribution in [0.15, 0.2) is 182 Å². The molecule has 6 aromatic rings. The van der Waals surface area contributed by atoms with Crippen molar-refractivity contribution in [3.05, 3.63) is 195 Å². The molecule has 0 radical (unpaired) electrons. The molecule has 0 bridgehead atoms. The molecule has 226 valence electrons.